The van der Waals surface area contributed by atoms with E-state index < -0.39 is 15.3 Å². The summed E-state index contributed by atoms with van der Waals surface area (Å²) in [6, 6.07) is 9.78. The van der Waals surface area contributed by atoms with Crippen LogP contribution in [0.1, 0.15) is 19.5 Å². The summed E-state index contributed by atoms with van der Waals surface area (Å²) >= 11 is 0. The highest BCUT2D eigenvalue weighted by molar-refractivity contribution is 7.90. The van der Waals surface area contributed by atoms with Crippen LogP contribution in [-0.2, 0) is 16.4 Å². The number of H-pyrrole nitrogens is 2. The maximum Gasteiger partial charge on any atom is 0.213 e. The third kappa shape index (κ3) is 3.34. The van der Waals surface area contributed by atoms with Crippen molar-refractivity contribution in [3.63, 3.8) is 0 Å². The number of sulfonamides is 1. The third-order valence-electron chi connectivity index (χ3n) is 4.77. The van der Waals surface area contributed by atoms with Crippen molar-refractivity contribution in [3.05, 3.63) is 42.2 Å². The number of nitrogens with one attached hydrogen (secondary N) is 3. The van der Waals surface area contributed by atoms with E-state index in [0.717, 1.165) is 38.8 Å². The lowest BCUT2D eigenvalue weighted by molar-refractivity contribution is 0.572. The number of hydrogen-bond acceptors (Lipinski definition) is 5. The summed E-state index contributed by atoms with van der Waals surface area (Å²) < 4.78 is 26.4. The smallest absolute Gasteiger partial charge is 0.213 e. The fourth-order valence-corrected chi connectivity index (χ4v) is 3.88. The summed E-state index contributed by atoms with van der Waals surface area (Å²) in [7, 11) is -3.28. The molecule has 3 heterocycles. The topological polar surface area (TPSA) is 130 Å². The Balaban J connectivity index is 1.67. The second kappa shape index (κ2) is 6.92. The van der Waals surface area contributed by atoms with Gasteiger partial charge in [-0.15, -0.1) is 0 Å². The van der Waals surface area contributed by atoms with Crippen LogP contribution in [0.25, 0.3) is 33.1 Å². The summed E-state index contributed by atoms with van der Waals surface area (Å²) in [4.78, 5) is 7.91. The zero-order chi connectivity index (χ0) is 19.9. The van der Waals surface area contributed by atoms with Crippen LogP contribution in [0, 0.1) is 0 Å². The fraction of sp³-hybridized carbons (Fsp3) is 0.263. The Hall–Kier alpha value is -2.91. The summed E-state index contributed by atoms with van der Waals surface area (Å²) in [5.74, 6) is 0.437. The summed E-state index contributed by atoms with van der Waals surface area (Å²) in [5, 5.41) is 8.34. The summed E-state index contributed by atoms with van der Waals surface area (Å²) in [6.45, 7) is 3.63. The number of fused-ring (bicyclic) bond motifs is 3. The van der Waals surface area contributed by atoms with Crippen molar-refractivity contribution in [2.45, 2.75) is 25.5 Å². The quantitative estimate of drug-likeness (QED) is 0.397. The molecule has 0 atom stereocenters. The lowest BCUT2D eigenvalue weighted by atomic mass is 10.1. The average Bonchev–Trinajstić information content (AvgIpc) is 3.31. The van der Waals surface area contributed by atoms with E-state index in [1.165, 1.54) is 0 Å². The van der Waals surface area contributed by atoms with Gasteiger partial charge in [0.25, 0.3) is 0 Å². The van der Waals surface area contributed by atoms with Crippen molar-refractivity contribution in [1.82, 2.24) is 24.9 Å². The number of pyridine rings is 1. The van der Waals surface area contributed by atoms with E-state index in [0.29, 0.717) is 18.8 Å². The Morgan fingerprint density at radius 3 is 2.71 bits per heavy atom. The maximum absolute atomic E-state index is 11.9. The highest BCUT2D eigenvalue weighted by atomic mass is 32.2. The molecule has 0 amide bonds. The monoisotopic (exact) mass is 398 g/mol. The average molecular weight is 398 g/mol. The van der Waals surface area contributed by atoms with Gasteiger partial charge in [-0.05, 0) is 32.0 Å². The van der Waals surface area contributed by atoms with Crippen LogP contribution < -0.4 is 10.5 Å². The first-order valence-electron chi connectivity index (χ1n) is 9.04. The number of rotatable bonds is 6. The molecule has 146 valence electrons. The van der Waals surface area contributed by atoms with Crippen LogP contribution in [0.3, 0.4) is 0 Å². The second-order valence-electron chi connectivity index (χ2n) is 7.01. The summed E-state index contributed by atoms with van der Waals surface area (Å²) in [5.41, 5.74) is 10.6. The molecule has 0 bridgehead atoms. The first-order valence-corrected chi connectivity index (χ1v) is 10.6. The van der Waals surface area contributed by atoms with Gasteiger partial charge < -0.3 is 10.7 Å². The Labute approximate surface area is 162 Å². The van der Waals surface area contributed by atoms with E-state index in [4.69, 9.17) is 5.73 Å². The molecule has 1 aromatic carbocycles. The minimum absolute atomic E-state index is 0.321. The fourth-order valence-electron chi connectivity index (χ4n) is 3.16. The van der Waals surface area contributed by atoms with Crippen molar-refractivity contribution >= 4 is 37.6 Å². The van der Waals surface area contributed by atoms with Gasteiger partial charge in [0, 0.05) is 41.2 Å². The highest BCUT2D eigenvalue weighted by Crippen LogP contribution is 2.30. The van der Waals surface area contributed by atoms with E-state index in [1.807, 2.05) is 30.3 Å². The molecule has 0 saturated heterocycles. The van der Waals surface area contributed by atoms with E-state index in [1.54, 1.807) is 20.0 Å². The van der Waals surface area contributed by atoms with Crippen molar-refractivity contribution in [2.24, 2.45) is 0 Å². The van der Waals surface area contributed by atoms with Crippen LogP contribution in [0.15, 0.2) is 36.5 Å². The van der Waals surface area contributed by atoms with Crippen molar-refractivity contribution in [3.8, 4) is 11.3 Å². The summed E-state index contributed by atoms with van der Waals surface area (Å²) in [6.07, 6.45) is 2.31. The Morgan fingerprint density at radius 2 is 2.00 bits per heavy atom. The molecular weight excluding hydrogens is 376 g/mol. The molecule has 0 radical (unpaired) electrons. The van der Waals surface area contributed by atoms with Gasteiger partial charge >= 0.3 is 0 Å². The SMILES string of the molecule is CC(C)S(=O)(=O)NCCc1cc2c(N)nc3cc(-c4cc[nH]n4)ccc3c2[nH]1. The van der Waals surface area contributed by atoms with E-state index >= 15 is 0 Å². The van der Waals surface area contributed by atoms with Crippen LogP contribution in [0.4, 0.5) is 5.82 Å². The third-order valence-corrected chi connectivity index (χ3v) is 6.62. The molecule has 5 N–H and O–H groups in total. The molecule has 0 aliphatic carbocycles. The van der Waals surface area contributed by atoms with Gasteiger partial charge in [0.2, 0.25) is 10.0 Å². The molecule has 3 aromatic heterocycles. The van der Waals surface area contributed by atoms with Crippen LogP contribution in [0.2, 0.25) is 0 Å². The Bertz CT molecular complexity index is 1240. The molecule has 0 aliphatic heterocycles. The van der Waals surface area contributed by atoms with Crippen LogP contribution in [-0.4, -0.2) is 40.4 Å². The molecule has 8 nitrogen and oxygen atoms in total. The molecule has 0 unspecified atom stereocenters. The van der Waals surface area contributed by atoms with Crippen LogP contribution >= 0.6 is 0 Å². The van der Waals surface area contributed by atoms with Gasteiger partial charge in [-0.1, -0.05) is 12.1 Å². The van der Waals surface area contributed by atoms with Crippen molar-refractivity contribution < 1.29 is 8.42 Å². The van der Waals surface area contributed by atoms with Gasteiger partial charge in [0.1, 0.15) is 5.82 Å². The molecule has 9 heteroatoms. The number of nitrogen functional groups attached to an aromatic ring is 1. The molecular formula is C19H22N6O2S. The molecule has 0 aliphatic rings. The Kier molecular flexibility index (Phi) is 4.56. The van der Waals surface area contributed by atoms with Gasteiger partial charge in [0.05, 0.1) is 22.0 Å². The molecule has 0 spiro atoms. The minimum atomic E-state index is -3.28. The standard InChI is InChI=1S/C19H22N6O2S/c1-11(2)28(26,27)22-8-5-13-10-15-18(23-13)14-4-3-12(16-6-7-21-25-16)9-17(14)24-19(15)20/h3-4,6-7,9-11,22-23H,5,8H2,1-2H3,(H2,20,24)(H,21,25). The van der Waals surface area contributed by atoms with Gasteiger partial charge in [-0.2, -0.15) is 5.10 Å². The zero-order valence-corrected chi connectivity index (χ0v) is 16.5. The number of hydrogen-bond donors (Lipinski definition) is 4. The lowest BCUT2D eigenvalue weighted by Crippen LogP contribution is -2.32. The number of anilines is 1. The van der Waals surface area contributed by atoms with Gasteiger partial charge in [-0.25, -0.2) is 18.1 Å². The van der Waals surface area contributed by atoms with Crippen molar-refractivity contribution in [2.75, 3.05) is 12.3 Å². The zero-order valence-electron chi connectivity index (χ0n) is 15.7. The largest absolute Gasteiger partial charge is 0.383 e. The van der Waals surface area contributed by atoms with Crippen molar-refractivity contribution in [1.29, 1.82) is 0 Å². The number of aromatic amines is 2. The van der Waals surface area contributed by atoms with E-state index in [-0.39, 0.29) is 0 Å². The number of nitrogens with two attached hydrogens (primary N) is 1. The van der Waals surface area contributed by atoms with E-state index in [9.17, 15) is 8.42 Å². The van der Waals surface area contributed by atoms with Gasteiger partial charge in [0.15, 0.2) is 0 Å². The van der Waals surface area contributed by atoms with Crippen LogP contribution in [0.5, 0.6) is 0 Å². The molecule has 0 fully saturated rings. The maximum atomic E-state index is 11.9. The number of aromatic nitrogens is 4. The first-order chi connectivity index (χ1) is 13.3. The molecule has 4 rings (SSSR count). The molecule has 4 aromatic rings. The number of benzene rings is 1. The highest BCUT2D eigenvalue weighted by Gasteiger charge is 2.15. The minimum Gasteiger partial charge on any atom is -0.383 e. The van der Waals surface area contributed by atoms with Gasteiger partial charge in [-0.3, -0.25) is 5.10 Å². The lowest BCUT2D eigenvalue weighted by Gasteiger charge is -2.08. The Morgan fingerprint density at radius 1 is 1.18 bits per heavy atom. The predicted octanol–water partition coefficient (Wildman–Crippen LogP) is 2.56. The predicted molar refractivity (Wildman–Crippen MR) is 111 cm³/mol. The van der Waals surface area contributed by atoms with E-state index in [2.05, 4.69) is 24.9 Å². The normalized spacial score (nSPS) is 12.4. The number of nitrogens with zero attached hydrogens (tertiary/aromatic N) is 2. The second-order valence-corrected chi connectivity index (χ2v) is 9.33. The molecule has 28 heavy (non-hydrogen) atoms. The molecule has 0 saturated carbocycles. The first kappa shape index (κ1) is 18.5.